The van der Waals surface area contributed by atoms with Crippen LogP contribution >= 0.6 is 11.6 Å². The Balaban J connectivity index is 1.46. The summed E-state index contributed by atoms with van der Waals surface area (Å²) in [6.07, 6.45) is 1.84. The number of rotatable bonds is 7. The third-order valence-electron chi connectivity index (χ3n) is 5.39. The van der Waals surface area contributed by atoms with Crippen LogP contribution in [0.4, 0.5) is 0 Å². The molecule has 1 aromatic heterocycles. The van der Waals surface area contributed by atoms with E-state index in [1.54, 1.807) is 6.07 Å². The van der Waals surface area contributed by atoms with E-state index in [1.165, 1.54) is 13.4 Å². The molecule has 3 atom stereocenters. The zero-order valence-corrected chi connectivity index (χ0v) is 18.4. The fourth-order valence-corrected chi connectivity index (χ4v) is 3.94. The van der Waals surface area contributed by atoms with Crippen LogP contribution in [-0.2, 0) is 11.2 Å². The smallest absolute Gasteiger partial charge is 0.226 e. The predicted molar refractivity (Wildman–Crippen MR) is 119 cm³/mol. The Morgan fingerprint density at radius 3 is 2.59 bits per heavy atom. The molecule has 168 valence electrons. The minimum absolute atomic E-state index is 0.107. The number of aromatic nitrogens is 2. The zero-order valence-electron chi connectivity index (χ0n) is 17.6. The van der Waals surface area contributed by atoms with Gasteiger partial charge in [0.05, 0.1) is 38.1 Å². The highest BCUT2D eigenvalue weighted by atomic mass is 35.5. The topological polar surface area (TPSA) is 93.9 Å². The molecule has 3 aromatic rings. The van der Waals surface area contributed by atoms with Gasteiger partial charge in [0, 0.05) is 17.9 Å². The molecule has 1 aliphatic rings. The number of hydrogen-bond donors (Lipinski definition) is 2. The molecule has 1 fully saturated rings. The SMILES string of the molecule is COc1cc(Oc2ccc(Cc3cc([C@H]4C[C@@H](O)C[C@@H](CO)O4)ccc3Cl)cc2)ncn1. The second-order valence-electron chi connectivity index (χ2n) is 7.73. The third kappa shape index (κ3) is 5.55. The number of benzene rings is 2. The van der Waals surface area contributed by atoms with Gasteiger partial charge in [-0.2, -0.15) is 0 Å². The molecule has 2 aromatic carbocycles. The van der Waals surface area contributed by atoms with Gasteiger partial charge in [0.1, 0.15) is 12.1 Å². The number of aliphatic hydroxyl groups is 2. The van der Waals surface area contributed by atoms with Crippen molar-refractivity contribution in [2.45, 2.75) is 37.6 Å². The lowest BCUT2D eigenvalue weighted by atomic mass is 9.94. The molecule has 2 heterocycles. The minimum atomic E-state index is -0.493. The molecule has 7 nitrogen and oxygen atoms in total. The lowest BCUT2D eigenvalue weighted by Gasteiger charge is -2.32. The normalized spacial score (nSPS) is 20.7. The van der Waals surface area contributed by atoms with Gasteiger partial charge >= 0.3 is 0 Å². The summed E-state index contributed by atoms with van der Waals surface area (Å²) in [6, 6.07) is 15.1. The zero-order chi connectivity index (χ0) is 22.5. The summed E-state index contributed by atoms with van der Waals surface area (Å²) in [5.41, 5.74) is 2.97. The van der Waals surface area contributed by atoms with Crippen LogP contribution in [0.15, 0.2) is 54.9 Å². The van der Waals surface area contributed by atoms with Crippen molar-refractivity contribution in [3.63, 3.8) is 0 Å². The van der Waals surface area contributed by atoms with Crippen LogP contribution in [0.25, 0.3) is 0 Å². The van der Waals surface area contributed by atoms with E-state index in [-0.39, 0.29) is 18.8 Å². The second kappa shape index (κ2) is 10.3. The maximum absolute atomic E-state index is 10.1. The van der Waals surface area contributed by atoms with Gasteiger partial charge < -0.3 is 24.4 Å². The largest absolute Gasteiger partial charge is 0.481 e. The van der Waals surface area contributed by atoms with E-state index in [2.05, 4.69) is 9.97 Å². The fourth-order valence-electron chi connectivity index (χ4n) is 3.76. The molecule has 8 heteroatoms. The van der Waals surface area contributed by atoms with E-state index in [4.69, 9.17) is 25.8 Å². The molecule has 0 unspecified atom stereocenters. The van der Waals surface area contributed by atoms with Gasteiger partial charge in [-0.05, 0) is 41.3 Å². The molecule has 1 saturated heterocycles. The first-order chi connectivity index (χ1) is 15.5. The molecule has 1 aliphatic heterocycles. The van der Waals surface area contributed by atoms with E-state index in [0.717, 1.165) is 16.7 Å². The van der Waals surface area contributed by atoms with Crippen LogP contribution in [0, 0.1) is 0 Å². The van der Waals surface area contributed by atoms with Gasteiger partial charge in [0.2, 0.25) is 11.8 Å². The quantitative estimate of drug-likeness (QED) is 0.552. The summed E-state index contributed by atoms with van der Waals surface area (Å²) >= 11 is 6.46. The molecular formula is C24H25ClN2O5. The standard InChI is InChI=1S/C24H25ClN2O5/c1-30-23-12-24(27-14-26-23)32-19-5-2-15(3-6-19)8-17-9-16(4-7-21(17)25)22-11-18(29)10-20(13-28)31-22/h2-7,9,12,14,18,20,22,28-29H,8,10-11,13H2,1H3/t18-,20-,22+/m0/s1. The second-order valence-corrected chi connectivity index (χ2v) is 8.13. The maximum Gasteiger partial charge on any atom is 0.226 e. The molecule has 32 heavy (non-hydrogen) atoms. The van der Waals surface area contributed by atoms with Crippen LogP contribution in [0.3, 0.4) is 0 Å². The predicted octanol–water partition coefficient (Wildman–Crippen LogP) is 4.10. The van der Waals surface area contributed by atoms with Crippen molar-refractivity contribution in [1.29, 1.82) is 0 Å². The highest BCUT2D eigenvalue weighted by Gasteiger charge is 2.29. The van der Waals surface area contributed by atoms with E-state index in [0.29, 0.717) is 41.8 Å². The number of nitrogens with zero attached hydrogens (tertiary/aromatic N) is 2. The van der Waals surface area contributed by atoms with Crippen molar-refractivity contribution in [1.82, 2.24) is 9.97 Å². The summed E-state index contributed by atoms with van der Waals surface area (Å²) in [7, 11) is 1.54. The summed E-state index contributed by atoms with van der Waals surface area (Å²) in [4.78, 5) is 8.04. The van der Waals surface area contributed by atoms with Crippen LogP contribution in [-0.4, -0.2) is 46.1 Å². The molecular weight excluding hydrogens is 432 g/mol. The molecule has 0 aliphatic carbocycles. The van der Waals surface area contributed by atoms with Crippen molar-refractivity contribution in [3.8, 4) is 17.5 Å². The summed E-state index contributed by atoms with van der Waals surface area (Å²) in [6.45, 7) is -0.107. The van der Waals surface area contributed by atoms with E-state index in [9.17, 15) is 10.2 Å². The van der Waals surface area contributed by atoms with Gasteiger partial charge in [-0.15, -0.1) is 0 Å². The number of hydrogen-bond acceptors (Lipinski definition) is 7. The average Bonchev–Trinajstić information content (AvgIpc) is 2.81. The molecule has 0 amide bonds. The van der Waals surface area contributed by atoms with Gasteiger partial charge in [-0.3, -0.25) is 0 Å². The minimum Gasteiger partial charge on any atom is -0.481 e. The highest BCUT2D eigenvalue weighted by Crippen LogP contribution is 2.34. The molecule has 4 rings (SSSR count). The van der Waals surface area contributed by atoms with Gasteiger partial charge in [0.25, 0.3) is 0 Å². The van der Waals surface area contributed by atoms with Crippen LogP contribution in [0.5, 0.6) is 17.5 Å². The number of halogens is 1. The Labute approximate surface area is 191 Å². The number of ether oxygens (including phenoxy) is 3. The third-order valence-corrected chi connectivity index (χ3v) is 5.76. The van der Waals surface area contributed by atoms with E-state index < -0.39 is 6.10 Å². The Bertz CT molecular complexity index is 1050. The first-order valence-corrected chi connectivity index (χ1v) is 10.8. The Morgan fingerprint density at radius 1 is 1.06 bits per heavy atom. The van der Waals surface area contributed by atoms with Gasteiger partial charge in [-0.1, -0.05) is 35.9 Å². The first kappa shape index (κ1) is 22.5. The molecule has 0 saturated carbocycles. The van der Waals surface area contributed by atoms with Crippen molar-refractivity contribution < 1.29 is 24.4 Å². The number of methoxy groups -OCH3 is 1. The highest BCUT2D eigenvalue weighted by molar-refractivity contribution is 6.31. The summed E-state index contributed by atoms with van der Waals surface area (Å²) in [5, 5.41) is 20.2. The Hall–Kier alpha value is -2.71. The van der Waals surface area contributed by atoms with Crippen LogP contribution in [0.1, 0.15) is 35.6 Å². The number of aliphatic hydroxyl groups excluding tert-OH is 2. The Kier molecular flexibility index (Phi) is 7.22. The fraction of sp³-hybridized carbons (Fsp3) is 0.333. The van der Waals surface area contributed by atoms with Gasteiger partial charge in [0.15, 0.2) is 0 Å². The van der Waals surface area contributed by atoms with E-state index in [1.807, 2.05) is 42.5 Å². The van der Waals surface area contributed by atoms with Crippen LogP contribution in [0.2, 0.25) is 5.02 Å². The summed E-state index contributed by atoms with van der Waals surface area (Å²) < 4.78 is 16.8. The van der Waals surface area contributed by atoms with E-state index >= 15 is 0 Å². The lowest BCUT2D eigenvalue weighted by molar-refractivity contribution is -0.113. The van der Waals surface area contributed by atoms with Crippen molar-refractivity contribution >= 4 is 11.6 Å². The van der Waals surface area contributed by atoms with Crippen LogP contribution < -0.4 is 9.47 Å². The van der Waals surface area contributed by atoms with Crippen molar-refractivity contribution in [3.05, 3.63) is 76.6 Å². The average molecular weight is 457 g/mol. The summed E-state index contributed by atoms with van der Waals surface area (Å²) in [5.74, 6) is 1.48. The lowest BCUT2D eigenvalue weighted by Crippen LogP contribution is -2.33. The molecule has 0 spiro atoms. The maximum atomic E-state index is 10.1. The Morgan fingerprint density at radius 2 is 1.84 bits per heavy atom. The van der Waals surface area contributed by atoms with Gasteiger partial charge in [-0.25, -0.2) is 9.97 Å². The molecule has 0 bridgehead atoms. The first-order valence-electron chi connectivity index (χ1n) is 10.4. The van der Waals surface area contributed by atoms with Crippen molar-refractivity contribution in [2.24, 2.45) is 0 Å². The monoisotopic (exact) mass is 456 g/mol. The molecule has 0 radical (unpaired) electrons. The van der Waals surface area contributed by atoms with Crippen molar-refractivity contribution in [2.75, 3.05) is 13.7 Å². The molecule has 2 N–H and O–H groups in total.